The molecule has 1 aliphatic rings. The SMILES string of the molecule is O=C1CC(=O)c2ccc3cccnc3c2N1. The van der Waals surface area contributed by atoms with Gasteiger partial charge in [-0.1, -0.05) is 12.1 Å². The van der Waals surface area contributed by atoms with Crippen molar-refractivity contribution in [3.8, 4) is 0 Å². The maximum atomic E-state index is 11.7. The smallest absolute Gasteiger partial charge is 0.232 e. The van der Waals surface area contributed by atoms with Crippen molar-refractivity contribution in [1.82, 2.24) is 4.98 Å². The molecule has 1 N–H and O–H groups in total. The minimum atomic E-state index is -0.268. The van der Waals surface area contributed by atoms with Crippen LogP contribution in [0, 0.1) is 0 Å². The van der Waals surface area contributed by atoms with Crippen molar-refractivity contribution in [3.05, 3.63) is 36.0 Å². The monoisotopic (exact) mass is 212 g/mol. The van der Waals surface area contributed by atoms with E-state index in [0.717, 1.165) is 5.39 Å². The van der Waals surface area contributed by atoms with E-state index in [9.17, 15) is 9.59 Å². The van der Waals surface area contributed by atoms with Gasteiger partial charge in [0.1, 0.15) is 0 Å². The standard InChI is InChI=1S/C12H8N2O2/c15-9-6-10(16)14-12-8(9)4-3-7-2-1-5-13-11(7)12/h1-5H,6H2,(H,14,16). The zero-order valence-electron chi connectivity index (χ0n) is 8.36. The molecular formula is C12H8N2O2. The number of benzene rings is 1. The molecule has 0 spiro atoms. The minimum absolute atomic E-state index is 0.0780. The Kier molecular flexibility index (Phi) is 1.77. The topological polar surface area (TPSA) is 59.1 Å². The van der Waals surface area contributed by atoms with Crippen LogP contribution >= 0.6 is 0 Å². The molecule has 0 unspecified atom stereocenters. The number of carbonyl (C=O) groups is 2. The van der Waals surface area contributed by atoms with Gasteiger partial charge < -0.3 is 5.32 Å². The molecule has 0 radical (unpaired) electrons. The van der Waals surface area contributed by atoms with E-state index in [1.807, 2.05) is 18.2 Å². The molecule has 78 valence electrons. The Morgan fingerprint density at radius 2 is 2.06 bits per heavy atom. The Morgan fingerprint density at radius 3 is 2.94 bits per heavy atom. The van der Waals surface area contributed by atoms with Gasteiger partial charge in [-0.3, -0.25) is 14.6 Å². The lowest BCUT2D eigenvalue weighted by molar-refractivity contribution is -0.115. The van der Waals surface area contributed by atoms with Gasteiger partial charge in [-0.2, -0.15) is 0 Å². The van der Waals surface area contributed by atoms with Gasteiger partial charge in [-0.05, 0) is 12.1 Å². The number of nitrogens with zero attached hydrogens (tertiary/aromatic N) is 1. The van der Waals surface area contributed by atoms with Gasteiger partial charge in [0, 0.05) is 17.1 Å². The molecule has 1 aliphatic heterocycles. The summed E-state index contributed by atoms with van der Waals surface area (Å²) in [6, 6.07) is 7.30. The van der Waals surface area contributed by atoms with Crippen LogP contribution in [-0.4, -0.2) is 16.7 Å². The van der Waals surface area contributed by atoms with Crippen molar-refractivity contribution >= 4 is 28.3 Å². The molecule has 0 saturated heterocycles. The number of anilines is 1. The summed E-state index contributed by atoms with van der Waals surface area (Å²) in [5, 5.41) is 3.62. The quantitative estimate of drug-likeness (QED) is 0.677. The number of ketones is 1. The number of fused-ring (bicyclic) bond motifs is 3. The Labute approximate surface area is 91.3 Å². The summed E-state index contributed by atoms with van der Waals surface area (Å²) in [5.74, 6) is -0.415. The van der Waals surface area contributed by atoms with Crippen molar-refractivity contribution in [2.45, 2.75) is 6.42 Å². The van der Waals surface area contributed by atoms with Gasteiger partial charge >= 0.3 is 0 Å². The highest BCUT2D eigenvalue weighted by atomic mass is 16.2. The number of amides is 1. The maximum Gasteiger partial charge on any atom is 0.232 e. The summed E-state index contributed by atoms with van der Waals surface area (Å²) >= 11 is 0. The van der Waals surface area contributed by atoms with Gasteiger partial charge in [0.05, 0.1) is 17.6 Å². The molecule has 3 rings (SSSR count). The third-order valence-corrected chi connectivity index (χ3v) is 2.66. The van der Waals surface area contributed by atoms with Crippen LogP contribution < -0.4 is 5.32 Å². The van der Waals surface area contributed by atoms with E-state index < -0.39 is 0 Å². The van der Waals surface area contributed by atoms with Gasteiger partial charge in [0.2, 0.25) is 5.91 Å². The van der Waals surface area contributed by atoms with Crippen molar-refractivity contribution in [1.29, 1.82) is 0 Å². The third kappa shape index (κ3) is 1.20. The van der Waals surface area contributed by atoms with Gasteiger partial charge in [0.15, 0.2) is 5.78 Å². The highest BCUT2D eigenvalue weighted by Crippen LogP contribution is 2.29. The molecule has 0 atom stereocenters. The summed E-state index contributed by atoms with van der Waals surface area (Å²) < 4.78 is 0. The highest BCUT2D eigenvalue weighted by Gasteiger charge is 2.24. The Bertz CT molecular complexity index is 619. The number of rotatable bonds is 0. The van der Waals surface area contributed by atoms with Crippen LogP contribution in [0.15, 0.2) is 30.5 Å². The van der Waals surface area contributed by atoms with Gasteiger partial charge in [-0.25, -0.2) is 0 Å². The predicted molar refractivity (Wildman–Crippen MR) is 59.3 cm³/mol. The summed E-state index contributed by atoms with van der Waals surface area (Å²) in [6.07, 6.45) is 1.57. The highest BCUT2D eigenvalue weighted by molar-refractivity contribution is 6.22. The zero-order valence-corrected chi connectivity index (χ0v) is 8.36. The van der Waals surface area contributed by atoms with E-state index in [2.05, 4.69) is 10.3 Å². The Hall–Kier alpha value is -2.23. The van der Waals surface area contributed by atoms with Crippen LogP contribution in [0.4, 0.5) is 5.69 Å². The third-order valence-electron chi connectivity index (χ3n) is 2.66. The molecule has 0 aliphatic carbocycles. The first kappa shape index (κ1) is 9.03. The first-order chi connectivity index (χ1) is 7.75. The second-order valence-corrected chi connectivity index (χ2v) is 3.71. The number of Topliss-reactive ketones (excluding diaryl/α,β-unsaturated/α-hetero) is 1. The van der Waals surface area contributed by atoms with E-state index in [1.165, 1.54) is 0 Å². The van der Waals surface area contributed by atoms with Crippen LogP contribution in [0.2, 0.25) is 0 Å². The summed E-state index contributed by atoms with van der Waals surface area (Å²) in [4.78, 5) is 27.2. The second kappa shape index (κ2) is 3.13. The lowest BCUT2D eigenvalue weighted by Gasteiger charge is -2.16. The lowest BCUT2D eigenvalue weighted by atomic mass is 9.99. The molecule has 16 heavy (non-hydrogen) atoms. The van der Waals surface area contributed by atoms with Crippen LogP contribution in [0.25, 0.3) is 10.9 Å². The number of pyridine rings is 1. The van der Waals surface area contributed by atoms with Crippen molar-refractivity contribution < 1.29 is 9.59 Å². The molecule has 4 heteroatoms. The predicted octanol–water partition coefficient (Wildman–Crippen LogP) is 1.76. The molecule has 1 aromatic heterocycles. The lowest BCUT2D eigenvalue weighted by Crippen LogP contribution is -2.24. The fourth-order valence-electron chi connectivity index (χ4n) is 1.93. The number of hydrogen-bond acceptors (Lipinski definition) is 3. The maximum absolute atomic E-state index is 11.7. The van der Waals surface area contributed by atoms with E-state index in [0.29, 0.717) is 16.8 Å². The Morgan fingerprint density at radius 1 is 1.19 bits per heavy atom. The number of carbonyl (C=O) groups excluding carboxylic acids is 2. The normalized spacial score (nSPS) is 14.8. The van der Waals surface area contributed by atoms with Crippen LogP contribution in [0.5, 0.6) is 0 Å². The number of nitrogens with one attached hydrogen (secondary N) is 1. The van der Waals surface area contributed by atoms with E-state index in [-0.39, 0.29) is 18.1 Å². The second-order valence-electron chi connectivity index (χ2n) is 3.71. The van der Waals surface area contributed by atoms with Crippen molar-refractivity contribution in [2.75, 3.05) is 5.32 Å². The fraction of sp³-hybridized carbons (Fsp3) is 0.0833. The summed E-state index contributed by atoms with van der Waals surface area (Å²) in [6.45, 7) is 0. The molecule has 4 nitrogen and oxygen atoms in total. The minimum Gasteiger partial charge on any atom is -0.323 e. The van der Waals surface area contributed by atoms with E-state index in [4.69, 9.17) is 0 Å². The number of hydrogen-bond donors (Lipinski definition) is 1. The zero-order chi connectivity index (χ0) is 11.1. The van der Waals surface area contributed by atoms with Crippen LogP contribution in [-0.2, 0) is 4.79 Å². The summed E-state index contributed by atoms with van der Waals surface area (Å²) in [5.41, 5.74) is 1.76. The molecule has 0 bridgehead atoms. The molecule has 0 fully saturated rings. The van der Waals surface area contributed by atoms with Crippen molar-refractivity contribution in [3.63, 3.8) is 0 Å². The van der Waals surface area contributed by atoms with Gasteiger partial charge in [-0.15, -0.1) is 0 Å². The molecule has 0 saturated carbocycles. The first-order valence-corrected chi connectivity index (χ1v) is 4.96. The molecular weight excluding hydrogens is 204 g/mol. The average Bonchev–Trinajstić information content (AvgIpc) is 2.28. The molecule has 2 aromatic rings. The average molecular weight is 212 g/mol. The van der Waals surface area contributed by atoms with Gasteiger partial charge in [0.25, 0.3) is 0 Å². The first-order valence-electron chi connectivity index (χ1n) is 4.96. The van der Waals surface area contributed by atoms with Crippen LogP contribution in [0.1, 0.15) is 16.8 Å². The van der Waals surface area contributed by atoms with E-state index >= 15 is 0 Å². The van der Waals surface area contributed by atoms with E-state index in [1.54, 1.807) is 12.3 Å². The summed E-state index contributed by atoms with van der Waals surface area (Å²) in [7, 11) is 0. The molecule has 2 heterocycles. The van der Waals surface area contributed by atoms with Crippen LogP contribution in [0.3, 0.4) is 0 Å². The number of aromatic nitrogens is 1. The molecule has 1 amide bonds. The molecule has 1 aromatic carbocycles. The largest absolute Gasteiger partial charge is 0.323 e. The fourth-order valence-corrected chi connectivity index (χ4v) is 1.93. The van der Waals surface area contributed by atoms with Crippen molar-refractivity contribution in [2.24, 2.45) is 0 Å². The Balaban J connectivity index is 2.37.